The van der Waals surface area contributed by atoms with Gasteiger partial charge in [0.1, 0.15) is 18.4 Å². The third-order valence-electron chi connectivity index (χ3n) is 1.13. The van der Waals surface area contributed by atoms with Crippen LogP contribution in [0.15, 0.2) is 9.52 Å². The van der Waals surface area contributed by atoms with E-state index in [1.54, 1.807) is 13.0 Å². The van der Waals surface area contributed by atoms with Crippen molar-refractivity contribution in [3.63, 3.8) is 0 Å². The monoisotopic (exact) mass is 175 g/mol. The topological polar surface area (TPSA) is 98.0 Å². The maximum atomic E-state index is 8.56. The molecule has 0 amide bonds. The van der Waals surface area contributed by atoms with Crippen molar-refractivity contribution in [1.82, 2.24) is 4.98 Å². The minimum Gasteiger partial charge on any atom is -0.422 e. The molecule has 6 heteroatoms. The minimum absolute atomic E-state index is 0.118. The molecular weight excluding hydrogens is 170 g/mol. The number of hydrogen-bond acceptors (Lipinski definition) is 6. The van der Waals surface area contributed by atoms with Crippen molar-refractivity contribution in [2.75, 3.05) is 5.43 Å². The maximum absolute atomic E-state index is 8.56. The van der Waals surface area contributed by atoms with Crippen LogP contribution in [0.2, 0.25) is 0 Å². The van der Waals surface area contributed by atoms with Crippen LogP contribution in [0.5, 0.6) is 0 Å². The zero-order valence-corrected chi connectivity index (χ0v) is 6.77. The molecule has 1 N–H and O–H groups in total. The Morgan fingerprint density at radius 3 is 3.00 bits per heavy atom. The van der Waals surface area contributed by atoms with Crippen LogP contribution in [0.25, 0.3) is 0 Å². The summed E-state index contributed by atoms with van der Waals surface area (Å²) < 4.78 is 4.98. The average Bonchev–Trinajstić information content (AvgIpc) is 2.47. The minimum atomic E-state index is 0.118. The third-order valence-corrected chi connectivity index (χ3v) is 1.13. The summed E-state index contributed by atoms with van der Waals surface area (Å²) in [6.07, 6.45) is 0.985. The van der Waals surface area contributed by atoms with Crippen molar-refractivity contribution in [3.05, 3.63) is 11.6 Å². The van der Waals surface area contributed by atoms with Crippen LogP contribution in [-0.4, -0.2) is 11.2 Å². The number of aryl methyl sites for hydroxylation is 1. The number of rotatable bonds is 2. The fourth-order valence-electron chi connectivity index (χ4n) is 0.698. The van der Waals surface area contributed by atoms with Gasteiger partial charge in [0, 0.05) is 6.92 Å². The van der Waals surface area contributed by atoms with Gasteiger partial charge in [-0.1, -0.05) is 0 Å². The number of hydrogen-bond donors (Lipinski definition) is 1. The molecule has 0 fully saturated rings. The highest BCUT2D eigenvalue weighted by Gasteiger charge is 2.08. The molecule has 0 bridgehead atoms. The Kier molecular flexibility index (Phi) is 2.61. The smallest absolute Gasteiger partial charge is 0.252 e. The van der Waals surface area contributed by atoms with E-state index in [9.17, 15) is 0 Å². The molecule has 6 nitrogen and oxygen atoms in total. The van der Waals surface area contributed by atoms with Gasteiger partial charge in [0.25, 0.3) is 5.88 Å². The standard InChI is InChI=1S/C7H5N5O/c1-5-11-6(4-9)7(13-5)12-10-3-2-8/h3,12H,1H3/b10-3+. The van der Waals surface area contributed by atoms with Crippen LogP contribution >= 0.6 is 0 Å². The van der Waals surface area contributed by atoms with E-state index in [0.717, 1.165) is 6.21 Å². The Labute approximate surface area is 74.1 Å². The number of anilines is 1. The normalized spacial score (nSPS) is 9.46. The fourth-order valence-corrected chi connectivity index (χ4v) is 0.698. The summed E-state index contributed by atoms with van der Waals surface area (Å²) in [7, 11) is 0. The molecule has 64 valence electrons. The molecule has 0 spiro atoms. The van der Waals surface area contributed by atoms with Crippen molar-refractivity contribution >= 4 is 12.1 Å². The Morgan fingerprint density at radius 2 is 2.38 bits per heavy atom. The van der Waals surface area contributed by atoms with E-state index in [0.29, 0.717) is 5.89 Å². The van der Waals surface area contributed by atoms with Gasteiger partial charge in [-0.25, -0.2) is 10.4 Å². The van der Waals surface area contributed by atoms with Crippen LogP contribution in [0, 0.1) is 29.6 Å². The molecule has 13 heavy (non-hydrogen) atoms. The van der Waals surface area contributed by atoms with Gasteiger partial charge >= 0.3 is 0 Å². The SMILES string of the molecule is Cc1nc(C#N)c(N/N=C/C#N)o1. The van der Waals surface area contributed by atoms with Crippen LogP contribution in [0.4, 0.5) is 5.88 Å². The maximum Gasteiger partial charge on any atom is 0.252 e. The summed E-state index contributed by atoms with van der Waals surface area (Å²) in [5, 5.41) is 20.1. The number of nitriles is 2. The summed E-state index contributed by atoms with van der Waals surface area (Å²) in [5.41, 5.74) is 2.50. The summed E-state index contributed by atoms with van der Waals surface area (Å²) in [6.45, 7) is 1.61. The van der Waals surface area contributed by atoms with Gasteiger partial charge < -0.3 is 4.42 Å². The van der Waals surface area contributed by atoms with Crippen LogP contribution in [0.1, 0.15) is 11.6 Å². The van der Waals surface area contributed by atoms with Crippen LogP contribution in [-0.2, 0) is 0 Å². The van der Waals surface area contributed by atoms with Gasteiger partial charge in [0.15, 0.2) is 5.89 Å². The molecule has 0 radical (unpaired) electrons. The highest BCUT2D eigenvalue weighted by molar-refractivity contribution is 5.75. The predicted molar refractivity (Wildman–Crippen MR) is 43.7 cm³/mol. The first kappa shape index (κ1) is 8.75. The number of aromatic nitrogens is 1. The Balaban J connectivity index is 2.84. The molecule has 0 saturated carbocycles. The molecule has 1 aromatic rings. The highest BCUT2D eigenvalue weighted by atomic mass is 16.4. The summed E-state index contributed by atoms with van der Waals surface area (Å²) in [5.74, 6) is 0.512. The summed E-state index contributed by atoms with van der Waals surface area (Å²) in [4.78, 5) is 3.76. The molecule has 0 aliphatic heterocycles. The van der Waals surface area contributed by atoms with E-state index < -0.39 is 0 Å². The van der Waals surface area contributed by atoms with Gasteiger partial charge in [0.05, 0.1) is 0 Å². The molecule has 0 saturated heterocycles. The van der Waals surface area contributed by atoms with Crippen LogP contribution < -0.4 is 5.43 Å². The van der Waals surface area contributed by atoms with Crippen LogP contribution in [0.3, 0.4) is 0 Å². The lowest BCUT2D eigenvalue weighted by atomic mass is 10.5. The molecular formula is C7H5N5O. The van der Waals surface area contributed by atoms with Gasteiger partial charge in [0.2, 0.25) is 5.69 Å². The molecule has 0 aromatic carbocycles. The largest absolute Gasteiger partial charge is 0.422 e. The highest BCUT2D eigenvalue weighted by Crippen LogP contribution is 2.14. The average molecular weight is 175 g/mol. The van der Waals surface area contributed by atoms with E-state index in [4.69, 9.17) is 14.9 Å². The predicted octanol–water partition coefficient (Wildman–Crippen LogP) is 0.776. The second kappa shape index (κ2) is 3.88. The molecule has 0 aliphatic rings. The lowest BCUT2D eigenvalue weighted by Crippen LogP contribution is -1.88. The first-order chi connectivity index (χ1) is 6.27. The van der Waals surface area contributed by atoms with E-state index in [2.05, 4.69) is 15.5 Å². The zero-order valence-electron chi connectivity index (χ0n) is 6.77. The molecule has 0 aliphatic carbocycles. The summed E-state index contributed by atoms with van der Waals surface area (Å²) >= 11 is 0. The second-order valence-electron chi connectivity index (χ2n) is 2.02. The Bertz CT molecular complexity index is 405. The molecule has 1 rings (SSSR count). The van der Waals surface area contributed by atoms with Gasteiger partial charge in [-0.05, 0) is 0 Å². The first-order valence-corrected chi connectivity index (χ1v) is 3.32. The van der Waals surface area contributed by atoms with Gasteiger partial charge in [-0.2, -0.15) is 15.6 Å². The van der Waals surface area contributed by atoms with E-state index in [1.807, 2.05) is 6.07 Å². The zero-order chi connectivity index (χ0) is 9.68. The van der Waals surface area contributed by atoms with Crippen molar-refractivity contribution in [2.45, 2.75) is 6.92 Å². The third kappa shape index (κ3) is 2.04. The molecule has 0 unspecified atom stereocenters. The summed E-state index contributed by atoms with van der Waals surface area (Å²) in [6, 6.07) is 3.50. The van der Waals surface area contributed by atoms with Crippen molar-refractivity contribution < 1.29 is 4.42 Å². The number of oxazole rings is 1. The quantitative estimate of drug-likeness (QED) is 0.528. The fraction of sp³-hybridized carbons (Fsp3) is 0.143. The van der Waals surface area contributed by atoms with E-state index in [1.165, 1.54) is 0 Å². The Morgan fingerprint density at radius 1 is 1.62 bits per heavy atom. The van der Waals surface area contributed by atoms with Gasteiger partial charge in [-0.3, -0.25) is 0 Å². The van der Waals surface area contributed by atoms with Crippen molar-refractivity contribution in [1.29, 1.82) is 10.5 Å². The number of nitrogens with one attached hydrogen (secondary N) is 1. The number of hydrazone groups is 1. The lowest BCUT2D eigenvalue weighted by molar-refractivity contribution is 0.533. The second-order valence-corrected chi connectivity index (χ2v) is 2.02. The van der Waals surface area contributed by atoms with E-state index in [-0.39, 0.29) is 11.6 Å². The first-order valence-electron chi connectivity index (χ1n) is 3.32. The molecule has 1 heterocycles. The number of nitrogens with zero attached hydrogens (tertiary/aromatic N) is 4. The lowest BCUT2D eigenvalue weighted by Gasteiger charge is -1.90. The van der Waals surface area contributed by atoms with Crippen molar-refractivity contribution in [3.8, 4) is 12.1 Å². The van der Waals surface area contributed by atoms with Crippen molar-refractivity contribution in [2.24, 2.45) is 5.10 Å². The van der Waals surface area contributed by atoms with E-state index >= 15 is 0 Å². The Hall–Kier alpha value is -2.34. The van der Waals surface area contributed by atoms with Gasteiger partial charge in [-0.15, -0.1) is 0 Å². The molecule has 1 aromatic heterocycles. The molecule has 0 atom stereocenters.